The number of carbonyl (C=O) groups is 4. The molecular weight excluding hydrogens is 562 g/mol. The number of aromatic nitrogens is 4. The summed E-state index contributed by atoms with van der Waals surface area (Å²) < 4.78 is 1.35. The van der Waals surface area contributed by atoms with Gasteiger partial charge in [0.25, 0.3) is 0 Å². The molecule has 4 fully saturated rings. The number of piperidine rings is 1. The smallest absolute Gasteiger partial charge is 0.353 e. The number of nitrogens with two attached hydrogens (primary N) is 1. The van der Waals surface area contributed by atoms with Crippen LogP contribution in [-0.4, -0.2) is 126 Å². The molecule has 0 saturated carbocycles. The van der Waals surface area contributed by atoms with Crippen LogP contribution in [0.2, 0.25) is 0 Å². The molecule has 0 aromatic carbocycles. The summed E-state index contributed by atoms with van der Waals surface area (Å²) in [4.78, 5) is 58.0. The number of carbonyl (C=O) groups excluding carboxylic acids is 3. The Hall–Kier alpha value is -2.88. The number of rotatable bonds is 10. The molecule has 6 heterocycles. The molecule has 0 aliphatic carbocycles. The second kappa shape index (κ2) is 11.7. The van der Waals surface area contributed by atoms with Crippen molar-refractivity contribution in [3.05, 3.63) is 16.9 Å². The number of tetrazole rings is 1. The number of carboxylic acids is 1. The van der Waals surface area contributed by atoms with E-state index in [4.69, 9.17) is 5.73 Å². The number of ketones is 1. The van der Waals surface area contributed by atoms with E-state index < -0.39 is 11.9 Å². The van der Waals surface area contributed by atoms with Crippen molar-refractivity contribution >= 4 is 35.3 Å². The molecule has 6 atom stereocenters. The number of likely N-dealkylation sites (tertiary alicyclic amines) is 2. The third kappa shape index (κ3) is 5.35. The molecule has 0 spiro atoms. The van der Waals surface area contributed by atoms with Gasteiger partial charge in [-0.2, -0.15) is 0 Å². The van der Waals surface area contributed by atoms with Crippen LogP contribution in [0.25, 0.3) is 0 Å². The summed E-state index contributed by atoms with van der Waals surface area (Å²) in [7, 11) is 0. The fraction of sp³-hybridized carbons (Fsp3) is 0.741. The Kier molecular flexibility index (Phi) is 8.11. The quantitative estimate of drug-likeness (QED) is 0.283. The van der Waals surface area contributed by atoms with Gasteiger partial charge in [-0.3, -0.25) is 19.3 Å². The highest BCUT2D eigenvalue weighted by molar-refractivity contribution is 8.03. The standard InChI is InChI=1S/C27H39N9O5S/c1-14(7-18(37)12-35-13-30-31-32-35)21-22-15(2)24(23(27(40)41)36(22)26(21)39)42-19-8-20(29-9-19)25(38)33-5-3-17(4-6-33)34-10-16(28)11-34/h13-17,19-22,29H,3-12,28H2,1-2H3,(H,40,41)/t14-,15+,19-,20-,21+,22+/m0/s1. The lowest BCUT2D eigenvalue weighted by Gasteiger charge is -2.47. The lowest BCUT2D eigenvalue weighted by Crippen LogP contribution is -2.62. The van der Waals surface area contributed by atoms with Crippen LogP contribution in [0.3, 0.4) is 0 Å². The van der Waals surface area contributed by atoms with E-state index in [9.17, 15) is 24.3 Å². The zero-order valence-corrected chi connectivity index (χ0v) is 24.8. The highest BCUT2D eigenvalue weighted by Crippen LogP contribution is 2.53. The summed E-state index contributed by atoms with van der Waals surface area (Å²) in [6.07, 6.45) is 4.08. The normalized spacial score (nSPS) is 31.2. The number of nitrogens with zero attached hydrogens (tertiary/aromatic N) is 7. The molecule has 1 aromatic rings. The molecular formula is C27H39N9O5S. The number of carboxylic acid groups (broad SMARTS) is 1. The number of nitrogens with one attached hydrogen (secondary N) is 1. The molecule has 228 valence electrons. The van der Waals surface area contributed by atoms with Gasteiger partial charge in [0, 0.05) is 67.3 Å². The van der Waals surface area contributed by atoms with E-state index in [0.717, 1.165) is 39.0 Å². The van der Waals surface area contributed by atoms with Crippen LogP contribution in [0.4, 0.5) is 0 Å². The SMILES string of the molecule is C[C@@H](CC(=O)Cn1cnnn1)[C@H]1C(=O)N2C(C(=O)O)=C(S[C@@H]3CN[C@H](C(=O)N4CCC(N5CC(N)C5)CC4)C3)[C@H](C)[C@H]12. The first-order valence-corrected chi connectivity index (χ1v) is 15.7. The second-order valence-electron chi connectivity index (χ2n) is 12.5. The summed E-state index contributed by atoms with van der Waals surface area (Å²) in [5.41, 5.74) is 5.98. The van der Waals surface area contributed by atoms with Gasteiger partial charge in [0.05, 0.1) is 18.0 Å². The second-order valence-corrected chi connectivity index (χ2v) is 13.8. The zero-order chi connectivity index (χ0) is 29.7. The number of thioether (sulfide) groups is 1. The van der Waals surface area contributed by atoms with E-state index in [1.54, 1.807) is 0 Å². The highest BCUT2D eigenvalue weighted by Gasteiger charge is 2.60. The average Bonchev–Trinajstić information content (AvgIpc) is 3.67. The molecule has 2 amide bonds. The van der Waals surface area contributed by atoms with Gasteiger partial charge in [-0.15, -0.1) is 16.9 Å². The number of hydrogen-bond donors (Lipinski definition) is 3. The van der Waals surface area contributed by atoms with Crippen molar-refractivity contribution < 1.29 is 24.3 Å². The minimum absolute atomic E-state index is 0.0217. The molecule has 14 nitrogen and oxygen atoms in total. The first-order chi connectivity index (χ1) is 20.1. The van der Waals surface area contributed by atoms with Gasteiger partial charge in [0.15, 0.2) is 5.78 Å². The van der Waals surface area contributed by atoms with Crippen molar-refractivity contribution in [1.29, 1.82) is 0 Å². The summed E-state index contributed by atoms with van der Waals surface area (Å²) in [6, 6.07) is 0.192. The van der Waals surface area contributed by atoms with Crippen LogP contribution < -0.4 is 11.1 Å². The Labute approximate surface area is 248 Å². The van der Waals surface area contributed by atoms with Gasteiger partial charge in [-0.25, -0.2) is 9.48 Å². The number of aliphatic carboxylic acids is 1. The Morgan fingerprint density at radius 2 is 1.98 bits per heavy atom. The van der Waals surface area contributed by atoms with Crippen LogP contribution in [0.15, 0.2) is 16.9 Å². The minimum Gasteiger partial charge on any atom is -0.477 e. The fourth-order valence-electron chi connectivity index (χ4n) is 7.43. The van der Waals surface area contributed by atoms with E-state index in [1.165, 1.54) is 27.7 Å². The summed E-state index contributed by atoms with van der Waals surface area (Å²) in [6.45, 7) is 7.83. The zero-order valence-electron chi connectivity index (χ0n) is 24.0. The van der Waals surface area contributed by atoms with Crippen molar-refractivity contribution in [3.8, 4) is 0 Å². The molecule has 5 aliphatic rings. The van der Waals surface area contributed by atoms with Crippen molar-refractivity contribution in [2.24, 2.45) is 23.5 Å². The predicted molar refractivity (Wildman–Crippen MR) is 151 cm³/mol. The van der Waals surface area contributed by atoms with Crippen LogP contribution in [0.5, 0.6) is 0 Å². The summed E-state index contributed by atoms with van der Waals surface area (Å²) in [5, 5.41) is 24.3. The van der Waals surface area contributed by atoms with Crippen molar-refractivity contribution in [2.75, 3.05) is 32.7 Å². The average molecular weight is 602 g/mol. The number of amides is 2. The minimum atomic E-state index is -1.12. The lowest BCUT2D eigenvalue weighted by molar-refractivity contribution is -0.160. The Morgan fingerprint density at radius 3 is 2.62 bits per heavy atom. The van der Waals surface area contributed by atoms with E-state index in [2.05, 4.69) is 25.7 Å². The van der Waals surface area contributed by atoms with Crippen LogP contribution in [0, 0.1) is 17.8 Å². The van der Waals surface area contributed by atoms with Gasteiger partial charge in [0.1, 0.15) is 18.6 Å². The van der Waals surface area contributed by atoms with Crippen molar-refractivity contribution in [2.45, 2.75) is 75.5 Å². The molecule has 6 rings (SSSR count). The van der Waals surface area contributed by atoms with Gasteiger partial charge < -0.3 is 26.0 Å². The third-order valence-corrected chi connectivity index (χ3v) is 11.1. The van der Waals surface area contributed by atoms with Crippen molar-refractivity contribution in [1.82, 2.24) is 40.2 Å². The van der Waals surface area contributed by atoms with E-state index in [1.807, 2.05) is 18.7 Å². The summed E-state index contributed by atoms with van der Waals surface area (Å²) >= 11 is 1.48. The third-order valence-electron chi connectivity index (χ3n) is 9.60. The van der Waals surface area contributed by atoms with E-state index in [0.29, 0.717) is 23.9 Å². The maximum absolute atomic E-state index is 13.3. The van der Waals surface area contributed by atoms with Crippen LogP contribution in [0.1, 0.15) is 39.5 Å². The van der Waals surface area contributed by atoms with Gasteiger partial charge >= 0.3 is 5.97 Å². The monoisotopic (exact) mass is 601 g/mol. The largest absolute Gasteiger partial charge is 0.477 e. The fourth-order valence-corrected chi connectivity index (χ4v) is 8.91. The highest BCUT2D eigenvalue weighted by atomic mass is 32.2. The molecule has 42 heavy (non-hydrogen) atoms. The Morgan fingerprint density at radius 1 is 1.24 bits per heavy atom. The maximum Gasteiger partial charge on any atom is 0.353 e. The van der Waals surface area contributed by atoms with E-state index >= 15 is 0 Å². The Balaban J connectivity index is 1.04. The predicted octanol–water partition coefficient (Wildman–Crippen LogP) is -0.861. The topological polar surface area (TPSA) is 180 Å². The molecule has 15 heteroatoms. The van der Waals surface area contributed by atoms with Gasteiger partial charge in [0.2, 0.25) is 11.8 Å². The van der Waals surface area contributed by atoms with Crippen LogP contribution in [-0.2, 0) is 25.7 Å². The molecule has 5 aliphatic heterocycles. The number of hydrogen-bond acceptors (Lipinski definition) is 11. The molecule has 4 N–H and O–H groups in total. The first kappa shape index (κ1) is 29.2. The van der Waals surface area contributed by atoms with Crippen LogP contribution >= 0.6 is 11.8 Å². The van der Waals surface area contributed by atoms with Gasteiger partial charge in [-0.05, 0) is 35.6 Å². The molecule has 0 bridgehead atoms. The number of β-lactam (4-membered cyclic amide) rings is 1. The first-order valence-electron chi connectivity index (χ1n) is 14.8. The molecule has 0 unspecified atom stereocenters. The number of fused-ring (bicyclic) bond motifs is 1. The van der Waals surface area contributed by atoms with E-state index in [-0.39, 0.29) is 71.5 Å². The number of Topliss-reactive ketones (excluding diaryl/α,β-unsaturated/α-hetero) is 1. The summed E-state index contributed by atoms with van der Waals surface area (Å²) in [5.74, 6) is -2.20. The lowest BCUT2D eigenvalue weighted by atomic mass is 9.73. The Bertz CT molecular complexity index is 1260. The maximum atomic E-state index is 13.3. The van der Waals surface area contributed by atoms with Crippen molar-refractivity contribution in [3.63, 3.8) is 0 Å². The molecule has 0 radical (unpaired) electrons. The molecule has 1 aromatic heterocycles. The molecule has 4 saturated heterocycles. The van der Waals surface area contributed by atoms with Gasteiger partial charge in [-0.1, -0.05) is 13.8 Å².